The lowest BCUT2D eigenvalue weighted by atomic mass is 10.2. The Hall–Kier alpha value is -0.500. The van der Waals surface area contributed by atoms with Crippen molar-refractivity contribution in [2.24, 2.45) is 5.73 Å². The van der Waals surface area contributed by atoms with Crippen LogP contribution in [0.15, 0.2) is 35.0 Å². The molecule has 0 saturated heterocycles. The second-order valence-electron chi connectivity index (χ2n) is 1.83. The van der Waals surface area contributed by atoms with Gasteiger partial charge in [-0.05, 0) is 18.6 Å². The van der Waals surface area contributed by atoms with Gasteiger partial charge in [0.25, 0.3) is 0 Å². The highest BCUT2D eigenvalue weighted by Crippen LogP contribution is 2.07. The molecule has 1 nitrogen and oxygen atoms in total. The fraction of sp³-hybridized carbons (Fsp3) is 0.143. The Morgan fingerprint density at radius 3 is 2.11 bits per heavy atom. The molecule has 0 saturated carbocycles. The monoisotopic (exact) mass is 187 g/mol. The van der Waals surface area contributed by atoms with Crippen molar-refractivity contribution in [3.63, 3.8) is 0 Å². The average molecular weight is 188 g/mol. The van der Waals surface area contributed by atoms with Crippen LogP contribution >= 0.6 is 15.9 Å². The largest absolute Gasteiger partial charge is 0.398 e. The van der Waals surface area contributed by atoms with Gasteiger partial charge in [0.1, 0.15) is 0 Å². The first-order valence-corrected chi connectivity index (χ1v) is 3.31. The summed E-state index contributed by atoms with van der Waals surface area (Å²) in [5, 5.41) is 0. The fourth-order valence-corrected chi connectivity index (χ4v) is 0.539. The highest BCUT2D eigenvalue weighted by atomic mass is 79.9. The second kappa shape index (κ2) is 3.51. The molecule has 0 amide bonds. The van der Waals surface area contributed by atoms with Crippen LogP contribution in [0.5, 0.6) is 0 Å². The van der Waals surface area contributed by atoms with Gasteiger partial charge >= 0.3 is 0 Å². The summed E-state index contributed by atoms with van der Waals surface area (Å²) in [5.74, 6) is 0. The van der Waals surface area contributed by atoms with Crippen molar-refractivity contribution in [2.45, 2.75) is 6.92 Å². The lowest BCUT2D eigenvalue weighted by Crippen LogP contribution is -1.96. The van der Waals surface area contributed by atoms with Crippen molar-refractivity contribution in [1.29, 1.82) is 0 Å². The number of hydrogen-bond donors (Lipinski definition) is 1. The molecule has 0 spiro atoms. The highest BCUT2D eigenvalue weighted by Gasteiger charge is 1.88. The van der Waals surface area contributed by atoms with E-state index in [2.05, 4.69) is 29.1 Å². The van der Waals surface area contributed by atoms with Crippen LogP contribution in [0.4, 0.5) is 0 Å². The maximum atomic E-state index is 5.49. The zero-order valence-corrected chi connectivity index (χ0v) is 7.03. The predicted octanol–water partition coefficient (Wildman–Crippen LogP) is 2.31. The zero-order valence-electron chi connectivity index (χ0n) is 5.45. The Morgan fingerprint density at radius 2 is 2.00 bits per heavy atom. The summed E-state index contributed by atoms with van der Waals surface area (Å²) in [6, 6.07) is 0. The molecule has 0 rings (SSSR count). The molecule has 0 aromatic carbocycles. The molecule has 0 aromatic heterocycles. The number of rotatable bonds is 2. The Bertz CT molecular complexity index is 168. The van der Waals surface area contributed by atoms with E-state index in [4.69, 9.17) is 5.73 Å². The van der Waals surface area contributed by atoms with Crippen molar-refractivity contribution in [3.05, 3.63) is 35.0 Å². The van der Waals surface area contributed by atoms with E-state index < -0.39 is 0 Å². The van der Waals surface area contributed by atoms with E-state index in [1.165, 1.54) is 0 Å². The number of nitrogens with two attached hydrogens (primary N) is 1. The lowest BCUT2D eigenvalue weighted by Gasteiger charge is -1.95. The molecule has 0 atom stereocenters. The average Bonchev–Trinajstić information content (AvgIpc) is 1.63. The molecule has 0 aliphatic heterocycles. The van der Waals surface area contributed by atoms with Crippen LogP contribution in [0.1, 0.15) is 6.92 Å². The summed E-state index contributed by atoms with van der Waals surface area (Å²) in [4.78, 5) is 0. The van der Waals surface area contributed by atoms with Crippen molar-refractivity contribution in [2.75, 3.05) is 0 Å². The van der Waals surface area contributed by atoms with Crippen LogP contribution in [-0.4, -0.2) is 0 Å². The summed E-state index contributed by atoms with van der Waals surface area (Å²) in [7, 11) is 0. The quantitative estimate of drug-likeness (QED) is 0.661. The normalized spacial score (nSPS) is 11.1. The van der Waals surface area contributed by atoms with E-state index in [0.29, 0.717) is 5.70 Å². The smallest absolute Gasteiger partial charge is 0.0348 e. The van der Waals surface area contributed by atoms with Gasteiger partial charge in [-0.2, -0.15) is 0 Å². The van der Waals surface area contributed by atoms with Gasteiger partial charge in [-0.1, -0.05) is 29.1 Å². The topological polar surface area (TPSA) is 26.0 Å². The summed E-state index contributed by atoms with van der Waals surface area (Å²) in [6.45, 7) is 9.10. The third kappa shape index (κ3) is 4.03. The highest BCUT2D eigenvalue weighted by molar-refractivity contribution is 9.11. The van der Waals surface area contributed by atoms with Gasteiger partial charge in [-0.15, -0.1) is 0 Å². The van der Waals surface area contributed by atoms with Gasteiger partial charge in [0.15, 0.2) is 0 Å². The van der Waals surface area contributed by atoms with Crippen LogP contribution in [0.3, 0.4) is 0 Å². The Labute approximate surface area is 64.1 Å². The molecule has 0 aliphatic carbocycles. The van der Waals surface area contributed by atoms with Crippen molar-refractivity contribution < 1.29 is 0 Å². The molecule has 0 heterocycles. The van der Waals surface area contributed by atoms with Gasteiger partial charge in [0.2, 0.25) is 0 Å². The maximum Gasteiger partial charge on any atom is 0.0348 e. The first-order chi connectivity index (χ1) is 4.04. The molecule has 0 unspecified atom stereocenters. The van der Waals surface area contributed by atoms with Crippen molar-refractivity contribution >= 4 is 15.9 Å². The molecule has 2 N–H and O–H groups in total. The Kier molecular flexibility index (Phi) is 3.32. The van der Waals surface area contributed by atoms with Gasteiger partial charge < -0.3 is 5.73 Å². The van der Waals surface area contributed by atoms with Gasteiger partial charge in [0.05, 0.1) is 0 Å². The number of halogens is 1. The summed E-state index contributed by atoms with van der Waals surface area (Å²) >= 11 is 3.15. The minimum absolute atomic E-state index is 0.664. The van der Waals surface area contributed by atoms with Crippen molar-refractivity contribution in [3.8, 4) is 0 Å². The molecule has 50 valence electrons. The molecular weight excluding hydrogens is 178 g/mol. The number of hydrogen-bond acceptors (Lipinski definition) is 1. The minimum atomic E-state index is 0.664. The van der Waals surface area contributed by atoms with E-state index in [1.54, 1.807) is 6.08 Å². The second-order valence-corrected chi connectivity index (χ2v) is 2.85. The van der Waals surface area contributed by atoms with Gasteiger partial charge in [-0.25, -0.2) is 0 Å². The van der Waals surface area contributed by atoms with Crippen LogP contribution in [0, 0.1) is 0 Å². The first-order valence-electron chi connectivity index (χ1n) is 2.51. The maximum absolute atomic E-state index is 5.49. The summed E-state index contributed by atoms with van der Waals surface area (Å²) < 4.78 is 0.767. The van der Waals surface area contributed by atoms with Crippen LogP contribution in [-0.2, 0) is 0 Å². The fourth-order valence-electron chi connectivity index (χ4n) is 0.292. The van der Waals surface area contributed by atoms with E-state index >= 15 is 0 Å². The molecule has 0 aromatic rings. The first kappa shape index (κ1) is 8.50. The SMILES string of the molecule is C=C(Br)/C=C(/N)C(=C)C. The third-order valence-electron chi connectivity index (χ3n) is 0.805. The molecule has 2 heteroatoms. The van der Waals surface area contributed by atoms with Gasteiger partial charge in [-0.3, -0.25) is 0 Å². The minimum Gasteiger partial charge on any atom is -0.398 e. The lowest BCUT2D eigenvalue weighted by molar-refractivity contribution is 1.30. The van der Waals surface area contributed by atoms with Crippen LogP contribution in [0.2, 0.25) is 0 Å². The van der Waals surface area contributed by atoms with E-state index in [-0.39, 0.29) is 0 Å². The molecule has 0 bridgehead atoms. The summed E-state index contributed by atoms with van der Waals surface area (Å²) in [6.07, 6.45) is 1.72. The zero-order chi connectivity index (χ0) is 7.44. The molecule has 0 radical (unpaired) electrons. The predicted molar refractivity (Wildman–Crippen MR) is 45.2 cm³/mol. The van der Waals surface area contributed by atoms with Gasteiger partial charge in [0, 0.05) is 10.2 Å². The standard InChI is InChI=1S/C7H10BrN/c1-5(2)7(9)4-6(3)8/h4H,1,3,9H2,2H3/b7-4+. The van der Waals surface area contributed by atoms with Crippen molar-refractivity contribution in [1.82, 2.24) is 0 Å². The Balaban J connectivity index is 4.17. The summed E-state index contributed by atoms with van der Waals surface area (Å²) in [5.41, 5.74) is 7.01. The molecule has 0 aliphatic rings. The van der Waals surface area contributed by atoms with Crippen LogP contribution < -0.4 is 5.73 Å². The van der Waals surface area contributed by atoms with E-state index in [0.717, 1.165) is 10.1 Å². The Morgan fingerprint density at radius 1 is 1.56 bits per heavy atom. The van der Waals surface area contributed by atoms with E-state index in [9.17, 15) is 0 Å². The third-order valence-corrected chi connectivity index (χ3v) is 1.03. The molecular formula is C7H10BrN. The van der Waals surface area contributed by atoms with E-state index in [1.807, 2.05) is 6.92 Å². The number of allylic oxidation sites excluding steroid dienone is 3. The van der Waals surface area contributed by atoms with Crippen LogP contribution in [0.25, 0.3) is 0 Å². The molecule has 9 heavy (non-hydrogen) atoms. The molecule has 0 fully saturated rings.